The van der Waals surface area contributed by atoms with Crippen molar-refractivity contribution in [2.75, 3.05) is 13.1 Å². The largest absolute Gasteiger partial charge is 0.342 e. The van der Waals surface area contributed by atoms with Crippen LogP contribution in [0.15, 0.2) is 0 Å². The van der Waals surface area contributed by atoms with Gasteiger partial charge in [-0.3, -0.25) is 9.59 Å². The van der Waals surface area contributed by atoms with Crippen LogP contribution in [0, 0.1) is 11.8 Å². The normalized spacial score (nSPS) is 30.1. The van der Waals surface area contributed by atoms with Gasteiger partial charge in [-0.15, -0.1) is 0 Å². The van der Waals surface area contributed by atoms with Gasteiger partial charge >= 0.3 is 0 Å². The Morgan fingerprint density at radius 1 is 1.00 bits per heavy atom. The van der Waals surface area contributed by atoms with Crippen LogP contribution in [-0.4, -0.2) is 35.8 Å². The fraction of sp³-hybridized carbons (Fsp3) is 0.867. The first-order valence-electron chi connectivity index (χ1n) is 7.82. The first-order valence-corrected chi connectivity index (χ1v) is 7.82. The Morgan fingerprint density at radius 3 is 2.37 bits per heavy atom. The number of carbonyl (C=O) groups is 2. The average Bonchev–Trinajstić information content (AvgIpc) is 2.38. The molecule has 4 nitrogen and oxygen atoms in total. The van der Waals surface area contributed by atoms with Gasteiger partial charge in [-0.25, -0.2) is 0 Å². The minimum atomic E-state index is -0.235. The molecule has 0 bridgehead atoms. The molecule has 0 aromatic heterocycles. The molecule has 1 aliphatic heterocycles. The molecule has 3 fully saturated rings. The smallest absolute Gasteiger partial charge is 0.245 e. The number of piperazine rings is 1. The van der Waals surface area contributed by atoms with E-state index in [0.29, 0.717) is 11.8 Å². The van der Waals surface area contributed by atoms with Gasteiger partial charge < -0.3 is 10.2 Å². The van der Waals surface area contributed by atoms with Gasteiger partial charge in [0.15, 0.2) is 0 Å². The number of rotatable bonds is 3. The summed E-state index contributed by atoms with van der Waals surface area (Å²) in [5.41, 5.74) is 0. The Labute approximate surface area is 114 Å². The topological polar surface area (TPSA) is 49.4 Å². The van der Waals surface area contributed by atoms with Crippen molar-refractivity contribution in [3.63, 3.8) is 0 Å². The van der Waals surface area contributed by atoms with Gasteiger partial charge in [0.1, 0.15) is 6.04 Å². The van der Waals surface area contributed by atoms with Crippen LogP contribution < -0.4 is 5.32 Å². The second-order valence-electron chi connectivity index (χ2n) is 6.46. The summed E-state index contributed by atoms with van der Waals surface area (Å²) >= 11 is 0. The van der Waals surface area contributed by atoms with Crippen LogP contribution >= 0.6 is 0 Å². The fourth-order valence-corrected chi connectivity index (χ4v) is 3.66. The Bertz CT molecular complexity index is 359. The highest BCUT2D eigenvalue weighted by atomic mass is 16.2. The van der Waals surface area contributed by atoms with E-state index >= 15 is 0 Å². The molecule has 2 saturated carbocycles. The number of nitrogens with zero attached hydrogens (tertiary/aromatic N) is 1. The molecule has 3 rings (SSSR count). The summed E-state index contributed by atoms with van der Waals surface area (Å²) in [5, 5.41) is 2.94. The molecule has 0 spiro atoms. The minimum Gasteiger partial charge on any atom is -0.342 e. The highest BCUT2D eigenvalue weighted by Gasteiger charge is 2.39. The molecule has 4 heteroatoms. The van der Waals surface area contributed by atoms with Crippen molar-refractivity contribution in [1.82, 2.24) is 10.2 Å². The molecule has 3 aliphatic rings. The highest BCUT2D eigenvalue weighted by molar-refractivity contribution is 5.95. The third-order valence-corrected chi connectivity index (χ3v) is 5.05. The summed E-state index contributed by atoms with van der Waals surface area (Å²) < 4.78 is 0. The van der Waals surface area contributed by atoms with Crippen LogP contribution in [-0.2, 0) is 9.59 Å². The van der Waals surface area contributed by atoms with Crippen molar-refractivity contribution in [1.29, 1.82) is 0 Å². The molecule has 1 saturated heterocycles. The van der Waals surface area contributed by atoms with Crippen molar-refractivity contribution >= 4 is 11.8 Å². The van der Waals surface area contributed by atoms with Crippen molar-refractivity contribution in [2.24, 2.45) is 11.8 Å². The number of carbonyl (C=O) groups excluding carboxylic acids is 2. The molecule has 0 radical (unpaired) electrons. The summed E-state index contributed by atoms with van der Waals surface area (Å²) in [6.45, 7) is 1.08. The SMILES string of the molecule is O=C1CN(CC2CCC2)C(=O)C(C2CCCCC2)N1. The van der Waals surface area contributed by atoms with E-state index in [4.69, 9.17) is 0 Å². The van der Waals surface area contributed by atoms with Crippen LogP contribution in [0.5, 0.6) is 0 Å². The molecule has 1 atom stereocenters. The highest BCUT2D eigenvalue weighted by Crippen LogP contribution is 2.31. The zero-order valence-electron chi connectivity index (χ0n) is 11.6. The number of hydrogen-bond acceptors (Lipinski definition) is 2. The lowest BCUT2D eigenvalue weighted by Gasteiger charge is -2.40. The van der Waals surface area contributed by atoms with Gasteiger partial charge in [-0.05, 0) is 37.5 Å². The molecular formula is C15H24N2O2. The molecule has 1 N–H and O–H groups in total. The molecule has 0 aromatic rings. The van der Waals surface area contributed by atoms with Crippen LogP contribution in [0.25, 0.3) is 0 Å². The van der Waals surface area contributed by atoms with Crippen molar-refractivity contribution in [2.45, 2.75) is 57.4 Å². The summed E-state index contributed by atoms with van der Waals surface area (Å²) in [6, 6.07) is -0.235. The zero-order valence-corrected chi connectivity index (χ0v) is 11.6. The maximum atomic E-state index is 12.6. The van der Waals surface area contributed by atoms with Crippen LogP contribution in [0.1, 0.15) is 51.4 Å². The van der Waals surface area contributed by atoms with Crippen LogP contribution in [0.2, 0.25) is 0 Å². The molecule has 2 amide bonds. The van der Waals surface area contributed by atoms with Gasteiger partial charge in [0.25, 0.3) is 0 Å². The van der Waals surface area contributed by atoms with E-state index in [1.54, 1.807) is 0 Å². The molecule has 0 aromatic carbocycles. The van der Waals surface area contributed by atoms with Crippen LogP contribution in [0.3, 0.4) is 0 Å². The standard InChI is InChI=1S/C15H24N2O2/c18-13-10-17(9-11-5-4-6-11)15(19)14(16-13)12-7-2-1-3-8-12/h11-12,14H,1-10H2,(H,16,18). The van der Waals surface area contributed by atoms with Gasteiger partial charge in [-0.1, -0.05) is 25.7 Å². The number of nitrogens with one attached hydrogen (secondary N) is 1. The predicted molar refractivity (Wildman–Crippen MR) is 72.4 cm³/mol. The summed E-state index contributed by atoms with van der Waals surface area (Å²) in [5.74, 6) is 1.23. The van der Waals surface area contributed by atoms with E-state index in [-0.39, 0.29) is 24.4 Å². The summed E-state index contributed by atoms with van der Waals surface area (Å²) in [7, 11) is 0. The maximum absolute atomic E-state index is 12.6. The van der Waals surface area contributed by atoms with Crippen molar-refractivity contribution < 1.29 is 9.59 Å². The minimum absolute atomic E-state index is 0.0366. The molecular weight excluding hydrogens is 240 g/mol. The molecule has 2 aliphatic carbocycles. The summed E-state index contributed by atoms with van der Waals surface area (Å²) in [6.07, 6.45) is 9.59. The van der Waals surface area contributed by atoms with E-state index in [1.165, 1.54) is 38.5 Å². The molecule has 1 unspecified atom stereocenters. The predicted octanol–water partition coefficient (Wildman–Crippen LogP) is 1.69. The van der Waals surface area contributed by atoms with Gasteiger partial charge in [0.05, 0.1) is 6.54 Å². The second-order valence-corrected chi connectivity index (χ2v) is 6.46. The van der Waals surface area contributed by atoms with Crippen molar-refractivity contribution in [3.8, 4) is 0 Å². The van der Waals surface area contributed by atoms with E-state index < -0.39 is 0 Å². The molecule has 19 heavy (non-hydrogen) atoms. The first kappa shape index (κ1) is 12.9. The Morgan fingerprint density at radius 2 is 1.74 bits per heavy atom. The molecule has 1 heterocycles. The van der Waals surface area contributed by atoms with Gasteiger partial charge in [0.2, 0.25) is 11.8 Å². The number of amides is 2. The Hall–Kier alpha value is -1.06. The van der Waals surface area contributed by atoms with E-state index in [2.05, 4.69) is 5.32 Å². The molecule has 106 valence electrons. The second kappa shape index (κ2) is 5.51. The summed E-state index contributed by atoms with van der Waals surface area (Å²) in [4.78, 5) is 26.2. The van der Waals surface area contributed by atoms with Crippen molar-refractivity contribution in [3.05, 3.63) is 0 Å². The van der Waals surface area contributed by atoms with E-state index in [1.807, 2.05) is 4.90 Å². The Balaban J connectivity index is 1.65. The maximum Gasteiger partial charge on any atom is 0.245 e. The third kappa shape index (κ3) is 2.77. The van der Waals surface area contributed by atoms with Gasteiger partial charge in [0, 0.05) is 6.54 Å². The van der Waals surface area contributed by atoms with E-state index in [9.17, 15) is 9.59 Å². The lowest BCUT2D eigenvalue weighted by Crippen LogP contribution is -2.61. The Kier molecular flexibility index (Phi) is 3.76. The number of hydrogen-bond donors (Lipinski definition) is 1. The fourth-order valence-electron chi connectivity index (χ4n) is 3.66. The van der Waals surface area contributed by atoms with Gasteiger partial charge in [-0.2, -0.15) is 0 Å². The lowest BCUT2D eigenvalue weighted by atomic mass is 9.81. The average molecular weight is 264 g/mol. The monoisotopic (exact) mass is 264 g/mol. The quantitative estimate of drug-likeness (QED) is 0.843. The lowest BCUT2D eigenvalue weighted by molar-refractivity contribution is -0.147. The first-order chi connectivity index (χ1) is 9.24. The van der Waals surface area contributed by atoms with E-state index in [0.717, 1.165) is 19.4 Å². The van der Waals surface area contributed by atoms with Crippen LogP contribution in [0.4, 0.5) is 0 Å². The third-order valence-electron chi connectivity index (χ3n) is 5.05. The zero-order chi connectivity index (χ0) is 13.2.